The summed E-state index contributed by atoms with van der Waals surface area (Å²) in [6, 6.07) is 0. The number of phosphoric ester groups is 1. The Morgan fingerprint density at radius 2 is 0.807 bits per heavy atom. The van der Waals surface area contributed by atoms with Gasteiger partial charge in [0.1, 0.15) is 19.3 Å². The molecule has 0 aliphatic rings. The van der Waals surface area contributed by atoms with Gasteiger partial charge in [0.2, 0.25) is 0 Å². The molecule has 0 aromatic heterocycles. The maximum Gasteiger partial charge on any atom is 0.472 e. The van der Waals surface area contributed by atoms with Gasteiger partial charge in [-0.05, 0) is 12.8 Å². The third-order valence-electron chi connectivity index (χ3n) is 11.2. The Balaban J connectivity index is 4.06. The molecule has 57 heavy (non-hydrogen) atoms. The van der Waals surface area contributed by atoms with E-state index >= 15 is 0 Å². The number of carbonyl (C=O) groups is 1. The highest BCUT2D eigenvalue weighted by molar-refractivity contribution is 7.47. The second-order valence-corrected chi connectivity index (χ2v) is 19.7. The van der Waals surface area contributed by atoms with Gasteiger partial charge in [-0.2, -0.15) is 0 Å². The van der Waals surface area contributed by atoms with Crippen molar-refractivity contribution in [2.45, 2.75) is 251 Å². The number of carbonyl (C=O) groups excluding carboxylic acids is 1. The van der Waals surface area contributed by atoms with E-state index in [0.717, 1.165) is 32.1 Å². The number of phosphoric acid groups is 1. The Kier molecular flexibility index (Phi) is 41.8. The summed E-state index contributed by atoms with van der Waals surface area (Å²) in [5.41, 5.74) is 0. The predicted octanol–water partition coefficient (Wildman–Crippen LogP) is 14.8. The van der Waals surface area contributed by atoms with E-state index < -0.39 is 13.9 Å². The molecule has 0 aromatic carbocycles. The average molecular weight is 833 g/mol. The number of hydrogen-bond donors (Lipinski definition) is 1. The summed E-state index contributed by atoms with van der Waals surface area (Å²) in [5, 5.41) is 0. The quantitative estimate of drug-likeness (QED) is 0.0283. The molecule has 0 amide bonds. The standard InChI is InChI=1S/C48H98NO7P/c1-6-8-10-12-14-16-18-20-21-22-23-24-25-26-27-28-29-31-33-35-37-39-41-48(50)56-47(46-55-57(51,52)54-44-42-49(3,4)5)45-53-43-40-38-36-34-32-30-19-17-15-13-11-9-7-2/h47H,6-46H2,1-5H3/p+1. The number of esters is 1. The summed E-state index contributed by atoms with van der Waals surface area (Å²) in [4.78, 5) is 22.9. The molecule has 0 aliphatic heterocycles. The van der Waals surface area contributed by atoms with Gasteiger partial charge in [0.15, 0.2) is 0 Å². The molecule has 1 N–H and O–H groups in total. The Hall–Kier alpha value is -0.500. The molecule has 0 saturated heterocycles. The van der Waals surface area contributed by atoms with E-state index in [1.165, 1.54) is 193 Å². The maximum atomic E-state index is 12.7. The highest BCUT2D eigenvalue weighted by Crippen LogP contribution is 2.43. The normalized spacial score (nSPS) is 13.6. The summed E-state index contributed by atoms with van der Waals surface area (Å²) in [6.45, 7) is 5.69. The van der Waals surface area contributed by atoms with Crippen LogP contribution in [0.4, 0.5) is 0 Å². The van der Waals surface area contributed by atoms with Gasteiger partial charge in [0, 0.05) is 13.0 Å². The van der Waals surface area contributed by atoms with Gasteiger partial charge < -0.3 is 18.9 Å². The molecule has 0 aromatic rings. The summed E-state index contributed by atoms with van der Waals surface area (Å²) < 4.78 is 35.1. The first-order valence-corrected chi connectivity index (χ1v) is 26.3. The van der Waals surface area contributed by atoms with E-state index in [1.807, 2.05) is 21.1 Å². The first-order valence-electron chi connectivity index (χ1n) is 24.8. The minimum Gasteiger partial charge on any atom is -0.457 e. The molecule has 0 rings (SSSR count). The van der Waals surface area contributed by atoms with Crippen molar-refractivity contribution in [1.82, 2.24) is 0 Å². The van der Waals surface area contributed by atoms with Crippen LogP contribution >= 0.6 is 7.82 Å². The van der Waals surface area contributed by atoms with Crippen molar-refractivity contribution in [3.05, 3.63) is 0 Å². The third-order valence-corrected chi connectivity index (χ3v) is 12.2. The molecule has 0 saturated carbocycles. The van der Waals surface area contributed by atoms with E-state index in [1.54, 1.807) is 0 Å². The first kappa shape index (κ1) is 56.5. The number of hydrogen-bond acceptors (Lipinski definition) is 6. The van der Waals surface area contributed by atoms with Crippen LogP contribution in [0.15, 0.2) is 0 Å². The van der Waals surface area contributed by atoms with E-state index in [9.17, 15) is 14.3 Å². The number of rotatable bonds is 47. The van der Waals surface area contributed by atoms with Crippen LogP contribution in [0.25, 0.3) is 0 Å². The van der Waals surface area contributed by atoms with Crippen LogP contribution in [-0.4, -0.2) is 75.6 Å². The van der Waals surface area contributed by atoms with Crippen LogP contribution in [0.1, 0.15) is 245 Å². The van der Waals surface area contributed by atoms with Crippen molar-refractivity contribution in [2.75, 3.05) is 54.1 Å². The van der Waals surface area contributed by atoms with Crippen LogP contribution in [-0.2, 0) is 27.9 Å². The Morgan fingerprint density at radius 1 is 0.474 bits per heavy atom. The fraction of sp³-hybridized carbons (Fsp3) is 0.979. The topological polar surface area (TPSA) is 91.3 Å². The molecule has 342 valence electrons. The molecular weight excluding hydrogens is 734 g/mol. The molecule has 0 radical (unpaired) electrons. The Bertz CT molecular complexity index is 883. The predicted molar refractivity (Wildman–Crippen MR) is 243 cm³/mol. The van der Waals surface area contributed by atoms with Crippen LogP contribution in [0.3, 0.4) is 0 Å². The third kappa shape index (κ3) is 46.4. The smallest absolute Gasteiger partial charge is 0.457 e. The van der Waals surface area contributed by atoms with Crippen LogP contribution in [0.2, 0.25) is 0 Å². The molecule has 0 fully saturated rings. The van der Waals surface area contributed by atoms with Crippen molar-refractivity contribution < 1.29 is 37.3 Å². The SMILES string of the molecule is CCCCCCCCCCCCCCCCCCCCCCCCC(=O)OC(COCCCCCCCCCCCCCCC)COP(=O)(O)OCC[N+](C)(C)C. The zero-order valence-corrected chi connectivity index (χ0v) is 39.8. The van der Waals surface area contributed by atoms with Gasteiger partial charge in [-0.3, -0.25) is 13.8 Å². The minimum atomic E-state index is -4.27. The zero-order chi connectivity index (χ0) is 42.0. The number of unbranched alkanes of at least 4 members (excludes halogenated alkanes) is 33. The largest absolute Gasteiger partial charge is 0.472 e. The summed E-state index contributed by atoms with van der Waals surface area (Å²) >= 11 is 0. The first-order chi connectivity index (χ1) is 27.6. The van der Waals surface area contributed by atoms with Crippen LogP contribution in [0.5, 0.6) is 0 Å². The lowest BCUT2D eigenvalue weighted by atomic mass is 10.0. The molecular formula is C48H99NO7P+. The van der Waals surface area contributed by atoms with Crippen molar-refractivity contribution in [3.8, 4) is 0 Å². The maximum absolute atomic E-state index is 12.7. The molecule has 2 unspecified atom stereocenters. The van der Waals surface area contributed by atoms with Crippen molar-refractivity contribution in [1.29, 1.82) is 0 Å². The van der Waals surface area contributed by atoms with Crippen molar-refractivity contribution in [2.24, 2.45) is 0 Å². The summed E-state index contributed by atoms with van der Waals surface area (Å²) in [7, 11) is 1.69. The Morgan fingerprint density at radius 3 is 1.16 bits per heavy atom. The lowest BCUT2D eigenvalue weighted by molar-refractivity contribution is -0.870. The van der Waals surface area contributed by atoms with Gasteiger partial charge in [0.05, 0.1) is 34.4 Å². The van der Waals surface area contributed by atoms with Gasteiger partial charge >= 0.3 is 13.8 Å². The van der Waals surface area contributed by atoms with Gasteiger partial charge in [-0.25, -0.2) is 4.57 Å². The number of ether oxygens (including phenoxy) is 2. The minimum absolute atomic E-state index is 0.0940. The second-order valence-electron chi connectivity index (χ2n) is 18.2. The second kappa shape index (κ2) is 42.2. The molecule has 0 aliphatic carbocycles. The highest BCUT2D eigenvalue weighted by atomic mass is 31.2. The van der Waals surface area contributed by atoms with E-state index in [2.05, 4.69) is 13.8 Å². The molecule has 0 spiro atoms. The highest BCUT2D eigenvalue weighted by Gasteiger charge is 2.26. The van der Waals surface area contributed by atoms with E-state index in [-0.39, 0.29) is 25.8 Å². The Labute approximate surface area is 355 Å². The lowest BCUT2D eigenvalue weighted by Crippen LogP contribution is -2.37. The number of likely N-dealkylation sites (N-methyl/N-ethyl adjacent to an activating group) is 1. The summed E-state index contributed by atoms with van der Waals surface area (Å²) in [6.07, 6.45) is 45.7. The number of quaternary nitrogens is 1. The van der Waals surface area contributed by atoms with Gasteiger partial charge in [-0.15, -0.1) is 0 Å². The number of nitrogens with zero attached hydrogens (tertiary/aromatic N) is 1. The molecule has 0 bridgehead atoms. The fourth-order valence-electron chi connectivity index (χ4n) is 7.32. The van der Waals surface area contributed by atoms with Crippen molar-refractivity contribution >= 4 is 13.8 Å². The average Bonchev–Trinajstić information content (AvgIpc) is 3.16. The molecule has 9 heteroatoms. The van der Waals surface area contributed by atoms with E-state index in [4.69, 9.17) is 18.5 Å². The van der Waals surface area contributed by atoms with Gasteiger partial charge in [0.25, 0.3) is 0 Å². The zero-order valence-electron chi connectivity index (χ0n) is 38.9. The summed E-state index contributed by atoms with van der Waals surface area (Å²) in [5.74, 6) is -0.306. The lowest BCUT2D eigenvalue weighted by Gasteiger charge is -2.24. The van der Waals surface area contributed by atoms with E-state index in [0.29, 0.717) is 24.1 Å². The fourth-order valence-corrected chi connectivity index (χ4v) is 8.06. The molecule has 8 nitrogen and oxygen atoms in total. The van der Waals surface area contributed by atoms with Gasteiger partial charge in [-0.1, -0.05) is 226 Å². The molecule has 0 heterocycles. The van der Waals surface area contributed by atoms with Crippen LogP contribution in [0, 0.1) is 0 Å². The van der Waals surface area contributed by atoms with Crippen LogP contribution < -0.4 is 0 Å². The van der Waals surface area contributed by atoms with Crippen molar-refractivity contribution in [3.63, 3.8) is 0 Å². The monoisotopic (exact) mass is 833 g/mol. The molecule has 2 atom stereocenters.